The van der Waals surface area contributed by atoms with Gasteiger partial charge in [0.05, 0.1) is 0 Å². The number of hydrogen-bond acceptors (Lipinski definition) is 1. The van der Waals surface area contributed by atoms with E-state index in [-0.39, 0.29) is 0 Å². The van der Waals surface area contributed by atoms with Crippen molar-refractivity contribution in [2.45, 2.75) is 19.8 Å². The maximum Gasteiger partial charge on any atom is 0.119 e. The molecule has 0 saturated carbocycles. The van der Waals surface area contributed by atoms with Gasteiger partial charge >= 0.3 is 0 Å². The van der Waals surface area contributed by atoms with Gasteiger partial charge in [0.25, 0.3) is 0 Å². The first-order chi connectivity index (χ1) is 5.24. The molecule has 0 radical (unpaired) electrons. The Morgan fingerprint density at radius 2 is 2.09 bits per heavy atom. The van der Waals surface area contributed by atoms with Crippen LogP contribution in [-0.2, 0) is 11.0 Å². The topological polar surface area (TPSA) is 20.3 Å². The zero-order valence-electron chi connectivity index (χ0n) is 6.95. The SMILES string of the molecule is C=CS(=O)N1CCC(C)CC1. The Morgan fingerprint density at radius 1 is 1.55 bits per heavy atom. The molecule has 0 amide bonds. The first-order valence-corrected chi connectivity index (χ1v) is 5.19. The van der Waals surface area contributed by atoms with Gasteiger partial charge in [0.1, 0.15) is 11.0 Å². The minimum atomic E-state index is -0.931. The molecule has 0 aromatic heterocycles. The summed E-state index contributed by atoms with van der Waals surface area (Å²) in [5, 5.41) is 1.51. The monoisotopic (exact) mass is 173 g/mol. The lowest BCUT2D eigenvalue weighted by Crippen LogP contribution is -2.33. The number of nitrogens with zero attached hydrogens (tertiary/aromatic N) is 1. The maximum atomic E-state index is 11.2. The normalized spacial score (nSPS) is 24.8. The van der Waals surface area contributed by atoms with Crippen LogP contribution < -0.4 is 0 Å². The molecule has 1 aliphatic heterocycles. The molecule has 0 aliphatic carbocycles. The number of rotatable bonds is 2. The predicted octanol–water partition coefficient (Wildman–Crippen LogP) is 1.53. The molecule has 0 aromatic rings. The van der Waals surface area contributed by atoms with Gasteiger partial charge in [-0.05, 0) is 18.8 Å². The van der Waals surface area contributed by atoms with Crippen LogP contribution in [0.15, 0.2) is 12.0 Å². The number of hydrogen-bond donors (Lipinski definition) is 0. The zero-order valence-corrected chi connectivity index (χ0v) is 7.77. The summed E-state index contributed by atoms with van der Waals surface area (Å²) in [6.45, 7) is 7.67. The second-order valence-electron chi connectivity index (χ2n) is 3.05. The summed E-state index contributed by atoms with van der Waals surface area (Å²) in [5.74, 6) is 0.799. The molecule has 1 rings (SSSR count). The van der Waals surface area contributed by atoms with E-state index < -0.39 is 11.0 Å². The summed E-state index contributed by atoms with van der Waals surface area (Å²) >= 11 is 0. The lowest BCUT2D eigenvalue weighted by Gasteiger charge is -2.27. The van der Waals surface area contributed by atoms with E-state index in [1.165, 1.54) is 18.2 Å². The zero-order chi connectivity index (χ0) is 8.27. The van der Waals surface area contributed by atoms with Crippen LogP contribution in [-0.4, -0.2) is 21.6 Å². The van der Waals surface area contributed by atoms with Crippen LogP contribution in [0.2, 0.25) is 0 Å². The second kappa shape index (κ2) is 4.02. The van der Waals surface area contributed by atoms with Crippen LogP contribution in [0, 0.1) is 5.92 Å². The van der Waals surface area contributed by atoms with E-state index in [0.29, 0.717) is 0 Å². The van der Waals surface area contributed by atoms with Crippen molar-refractivity contribution in [2.24, 2.45) is 5.92 Å². The first-order valence-electron chi connectivity index (χ1n) is 4.02. The summed E-state index contributed by atoms with van der Waals surface area (Å²) in [6.07, 6.45) is 2.33. The molecule has 1 heterocycles. The van der Waals surface area contributed by atoms with Crippen LogP contribution >= 0.6 is 0 Å². The Bertz CT molecular complexity index is 161. The van der Waals surface area contributed by atoms with E-state index in [1.54, 1.807) is 0 Å². The van der Waals surface area contributed by atoms with Crippen molar-refractivity contribution in [3.63, 3.8) is 0 Å². The van der Waals surface area contributed by atoms with Crippen molar-refractivity contribution < 1.29 is 4.21 Å². The summed E-state index contributed by atoms with van der Waals surface area (Å²) in [5.41, 5.74) is 0. The third kappa shape index (κ3) is 2.42. The molecule has 1 saturated heterocycles. The van der Waals surface area contributed by atoms with Crippen molar-refractivity contribution in [2.75, 3.05) is 13.1 Å². The van der Waals surface area contributed by atoms with Gasteiger partial charge in [0.2, 0.25) is 0 Å². The molecule has 1 unspecified atom stereocenters. The van der Waals surface area contributed by atoms with Gasteiger partial charge in [-0.3, -0.25) is 0 Å². The summed E-state index contributed by atoms with van der Waals surface area (Å²) in [4.78, 5) is 0. The summed E-state index contributed by atoms with van der Waals surface area (Å²) in [7, 11) is -0.931. The minimum Gasteiger partial charge on any atom is -0.238 e. The highest BCUT2D eigenvalue weighted by atomic mass is 32.2. The molecule has 1 fully saturated rings. The smallest absolute Gasteiger partial charge is 0.119 e. The fourth-order valence-electron chi connectivity index (χ4n) is 1.27. The van der Waals surface area contributed by atoms with Crippen molar-refractivity contribution >= 4 is 11.0 Å². The molecule has 1 atom stereocenters. The molecule has 0 spiro atoms. The van der Waals surface area contributed by atoms with Crippen molar-refractivity contribution in [3.05, 3.63) is 12.0 Å². The van der Waals surface area contributed by atoms with Gasteiger partial charge in [-0.25, -0.2) is 8.51 Å². The van der Waals surface area contributed by atoms with Gasteiger partial charge in [0.15, 0.2) is 0 Å². The fourth-order valence-corrected chi connectivity index (χ4v) is 2.05. The minimum absolute atomic E-state index is 0.799. The lowest BCUT2D eigenvalue weighted by atomic mass is 10.0. The molecule has 0 aromatic carbocycles. The van der Waals surface area contributed by atoms with Crippen LogP contribution in [0.3, 0.4) is 0 Å². The molecule has 0 N–H and O–H groups in total. The van der Waals surface area contributed by atoms with Gasteiger partial charge in [-0.1, -0.05) is 13.5 Å². The largest absolute Gasteiger partial charge is 0.238 e. The Morgan fingerprint density at radius 3 is 2.55 bits per heavy atom. The predicted molar refractivity (Wildman–Crippen MR) is 48.3 cm³/mol. The van der Waals surface area contributed by atoms with Crippen LogP contribution in [0.25, 0.3) is 0 Å². The van der Waals surface area contributed by atoms with Gasteiger partial charge < -0.3 is 0 Å². The van der Waals surface area contributed by atoms with E-state index in [9.17, 15) is 4.21 Å². The molecule has 3 heteroatoms. The lowest BCUT2D eigenvalue weighted by molar-refractivity contribution is 0.301. The number of piperidine rings is 1. The summed E-state index contributed by atoms with van der Waals surface area (Å²) in [6, 6.07) is 0. The van der Waals surface area contributed by atoms with E-state index in [1.807, 2.05) is 4.31 Å². The van der Waals surface area contributed by atoms with Crippen molar-refractivity contribution in [1.29, 1.82) is 0 Å². The van der Waals surface area contributed by atoms with E-state index >= 15 is 0 Å². The summed E-state index contributed by atoms with van der Waals surface area (Å²) < 4.78 is 13.2. The standard InChI is InChI=1S/C8H15NOS/c1-3-11(10)9-6-4-8(2)5-7-9/h3,8H,1,4-7H2,2H3. The van der Waals surface area contributed by atoms with Gasteiger partial charge in [-0.15, -0.1) is 0 Å². The molecule has 1 aliphatic rings. The second-order valence-corrected chi connectivity index (χ2v) is 4.46. The Kier molecular flexibility index (Phi) is 3.27. The Hall–Kier alpha value is -0.150. The molecular weight excluding hydrogens is 158 g/mol. The quantitative estimate of drug-likeness (QED) is 0.620. The molecule has 0 bridgehead atoms. The third-order valence-corrected chi connectivity index (χ3v) is 3.30. The Balaban J connectivity index is 2.38. The third-order valence-electron chi connectivity index (χ3n) is 2.14. The van der Waals surface area contributed by atoms with Gasteiger partial charge in [-0.2, -0.15) is 0 Å². The van der Waals surface area contributed by atoms with Gasteiger partial charge in [0, 0.05) is 18.5 Å². The highest BCUT2D eigenvalue weighted by molar-refractivity contribution is 7.85. The maximum absolute atomic E-state index is 11.2. The Labute approximate surface area is 70.9 Å². The molecule has 64 valence electrons. The van der Waals surface area contributed by atoms with E-state index in [4.69, 9.17) is 0 Å². The van der Waals surface area contributed by atoms with Crippen LogP contribution in [0.1, 0.15) is 19.8 Å². The fraction of sp³-hybridized carbons (Fsp3) is 0.750. The average molecular weight is 173 g/mol. The molecular formula is C8H15NOS. The van der Waals surface area contributed by atoms with E-state index in [2.05, 4.69) is 13.5 Å². The average Bonchev–Trinajstić information content (AvgIpc) is 2.05. The molecule has 11 heavy (non-hydrogen) atoms. The highest BCUT2D eigenvalue weighted by Gasteiger charge is 2.17. The molecule has 2 nitrogen and oxygen atoms in total. The highest BCUT2D eigenvalue weighted by Crippen LogP contribution is 2.17. The van der Waals surface area contributed by atoms with Crippen molar-refractivity contribution in [3.8, 4) is 0 Å². The first kappa shape index (κ1) is 8.94. The van der Waals surface area contributed by atoms with Crippen molar-refractivity contribution in [1.82, 2.24) is 4.31 Å². The van der Waals surface area contributed by atoms with Crippen LogP contribution in [0.4, 0.5) is 0 Å². The van der Waals surface area contributed by atoms with E-state index in [0.717, 1.165) is 19.0 Å². The van der Waals surface area contributed by atoms with Crippen LogP contribution in [0.5, 0.6) is 0 Å².